The highest BCUT2D eigenvalue weighted by Crippen LogP contribution is 2.31. The third-order valence-electron chi connectivity index (χ3n) is 4.09. The molecule has 1 aliphatic rings. The van der Waals surface area contributed by atoms with Gasteiger partial charge in [0.25, 0.3) is 5.91 Å². The quantitative estimate of drug-likeness (QED) is 0.628. The molecule has 0 unspecified atom stereocenters. The van der Waals surface area contributed by atoms with Crippen molar-refractivity contribution in [2.45, 2.75) is 33.1 Å². The number of nitrogens with zero attached hydrogens (tertiary/aromatic N) is 2. The van der Waals surface area contributed by atoms with Gasteiger partial charge in [-0.15, -0.1) is 0 Å². The molecule has 1 aliphatic heterocycles. The van der Waals surface area contributed by atoms with E-state index >= 15 is 0 Å². The summed E-state index contributed by atoms with van der Waals surface area (Å²) in [6, 6.07) is 7.29. The zero-order chi connectivity index (χ0) is 18.9. The van der Waals surface area contributed by atoms with Crippen LogP contribution in [0.3, 0.4) is 0 Å². The lowest BCUT2D eigenvalue weighted by molar-refractivity contribution is -0.144. The van der Waals surface area contributed by atoms with Crippen LogP contribution in [0.5, 0.6) is 5.75 Å². The molecule has 2 rings (SSSR count). The highest BCUT2D eigenvalue weighted by atomic mass is 16.5. The van der Waals surface area contributed by atoms with E-state index in [2.05, 4.69) is 0 Å². The molecule has 0 aliphatic carbocycles. The first-order valence-electron chi connectivity index (χ1n) is 9.02. The normalized spacial score (nSPS) is 13.0. The zero-order valence-electron chi connectivity index (χ0n) is 15.4. The Hall–Kier alpha value is -2.57. The molecular formula is C19H26N2O5. The maximum absolute atomic E-state index is 12.6. The molecule has 0 saturated heterocycles. The monoisotopic (exact) mass is 362 g/mol. The smallest absolute Gasteiger partial charge is 0.307 e. The van der Waals surface area contributed by atoms with Gasteiger partial charge in [0.1, 0.15) is 5.75 Å². The summed E-state index contributed by atoms with van der Waals surface area (Å²) >= 11 is 0. The SMILES string of the molecule is CCCN(CCC(=O)OCC)C(=O)CCN1C(=O)COc2ccccc21. The van der Waals surface area contributed by atoms with E-state index in [9.17, 15) is 14.4 Å². The fraction of sp³-hybridized carbons (Fsp3) is 0.526. The average Bonchev–Trinajstić information content (AvgIpc) is 2.64. The molecule has 0 aromatic heterocycles. The fourth-order valence-corrected chi connectivity index (χ4v) is 2.86. The molecule has 0 spiro atoms. The number of hydrogen-bond donors (Lipinski definition) is 0. The molecule has 142 valence electrons. The Morgan fingerprint density at radius 2 is 1.96 bits per heavy atom. The van der Waals surface area contributed by atoms with Crippen molar-refractivity contribution in [1.82, 2.24) is 4.90 Å². The molecule has 0 atom stereocenters. The highest BCUT2D eigenvalue weighted by Gasteiger charge is 2.26. The summed E-state index contributed by atoms with van der Waals surface area (Å²) in [7, 11) is 0. The predicted octanol–water partition coefficient (Wildman–Crippen LogP) is 1.99. The standard InChI is InChI=1S/C19H26N2O5/c1-3-11-20(12-10-19(24)25-4-2)17(22)9-13-21-15-7-5-6-8-16(15)26-14-18(21)23/h5-8H,3-4,9-14H2,1-2H3. The summed E-state index contributed by atoms with van der Waals surface area (Å²) in [4.78, 5) is 39.5. The van der Waals surface area contributed by atoms with Gasteiger partial charge in [-0.2, -0.15) is 0 Å². The molecule has 0 radical (unpaired) electrons. The Morgan fingerprint density at radius 3 is 2.69 bits per heavy atom. The van der Waals surface area contributed by atoms with Crippen LogP contribution >= 0.6 is 0 Å². The number of rotatable bonds is 9. The highest BCUT2D eigenvalue weighted by molar-refractivity contribution is 5.98. The van der Waals surface area contributed by atoms with Gasteiger partial charge in [0, 0.05) is 26.1 Å². The summed E-state index contributed by atoms with van der Waals surface area (Å²) in [6.07, 6.45) is 1.18. The van der Waals surface area contributed by atoms with Crippen LogP contribution in [0, 0.1) is 0 Å². The van der Waals surface area contributed by atoms with Gasteiger partial charge in [0.15, 0.2) is 6.61 Å². The van der Waals surface area contributed by atoms with Crippen LogP contribution in [0.2, 0.25) is 0 Å². The Labute approximate surface area is 153 Å². The van der Waals surface area contributed by atoms with Crippen molar-refractivity contribution in [2.24, 2.45) is 0 Å². The van der Waals surface area contributed by atoms with Crippen molar-refractivity contribution in [3.63, 3.8) is 0 Å². The second kappa shape index (κ2) is 9.79. The summed E-state index contributed by atoms with van der Waals surface area (Å²) in [5.41, 5.74) is 0.685. The lowest BCUT2D eigenvalue weighted by atomic mass is 10.2. The number of anilines is 1. The van der Waals surface area contributed by atoms with Gasteiger partial charge in [-0.3, -0.25) is 14.4 Å². The predicted molar refractivity (Wildman–Crippen MR) is 97.0 cm³/mol. The molecule has 1 heterocycles. The first-order valence-corrected chi connectivity index (χ1v) is 9.02. The van der Waals surface area contributed by atoms with E-state index in [0.29, 0.717) is 31.1 Å². The van der Waals surface area contributed by atoms with Gasteiger partial charge in [0.05, 0.1) is 18.7 Å². The van der Waals surface area contributed by atoms with Gasteiger partial charge in [-0.1, -0.05) is 19.1 Å². The Kier molecular flexibility index (Phi) is 7.44. The summed E-state index contributed by atoms with van der Waals surface area (Å²) in [5.74, 6) is 0.101. The van der Waals surface area contributed by atoms with E-state index in [-0.39, 0.29) is 43.8 Å². The lowest BCUT2D eigenvalue weighted by Crippen LogP contribution is -2.42. The number of para-hydroxylation sites is 2. The average molecular weight is 362 g/mol. The van der Waals surface area contributed by atoms with Crippen LogP contribution in [-0.4, -0.2) is 55.5 Å². The van der Waals surface area contributed by atoms with Crippen LogP contribution in [0.4, 0.5) is 5.69 Å². The van der Waals surface area contributed by atoms with Crippen molar-refractivity contribution in [2.75, 3.05) is 37.7 Å². The first-order chi connectivity index (χ1) is 12.6. The number of hydrogen-bond acceptors (Lipinski definition) is 5. The summed E-state index contributed by atoms with van der Waals surface area (Å²) in [5, 5.41) is 0. The molecule has 0 bridgehead atoms. The Balaban J connectivity index is 1.94. The molecule has 26 heavy (non-hydrogen) atoms. The molecule has 1 aromatic rings. The molecule has 0 saturated carbocycles. The number of carbonyl (C=O) groups is 3. The topological polar surface area (TPSA) is 76.2 Å². The van der Waals surface area contributed by atoms with E-state index in [1.165, 1.54) is 0 Å². The molecule has 0 fully saturated rings. The molecule has 0 N–H and O–H groups in total. The van der Waals surface area contributed by atoms with Crippen LogP contribution < -0.4 is 9.64 Å². The number of carbonyl (C=O) groups excluding carboxylic acids is 3. The Bertz CT molecular complexity index is 647. The van der Waals surface area contributed by atoms with E-state index in [1.807, 2.05) is 19.1 Å². The van der Waals surface area contributed by atoms with Crippen LogP contribution in [0.25, 0.3) is 0 Å². The van der Waals surface area contributed by atoms with Crippen LogP contribution in [0.15, 0.2) is 24.3 Å². The number of amides is 2. The van der Waals surface area contributed by atoms with Gasteiger partial charge >= 0.3 is 5.97 Å². The van der Waals surface area contributed by atoms with E-state index < -0.39 is 0 Å². The summed E-state index contributed by atoms with van der Waals surface area (Å²) in [6.45, 7) is 5.24. The number of ether oxygens (including phenoxy) is 2. The van der Waals surface area contributed by atoms with Crippen molar-refractivity contribution >= 4 is 23.5 Å². The first kappa shape index (κ1) is 19.8. The van der Waals surface area contributed by atoms with Gasteiger partial charge < -0.3 is 19.3 Å². The minimum absolute atomic E-state index is 0.0211. The second-order valence-electron chi connectivity index (χ2n) is 5.99. The minimum Gasteiger partial charge on any atom is -0.482 e. The summed E-state index contributed by atoms with van der Waals surface area (Å²) < 4.78 is 10.3. The number of esters is 1. The lowest BCUT2D eigenvalue weighted by Gasteiger charge is -2.30. The molecule has 7 heteroatoms. The minimum atomic E-state index is -0.307. The third-order valence-corrected chi connectivity index (χ3v) is 4.09. The third kappa shape index (κ3) is 5.21. The zero-order valence-corrected chi connectivity index (χ0v) is 15.4. The van der Waals surface area contributed by atoms with Crippen LogP contribution in [-0.2, 0) is 19.1 Å². The molecular weight excluding hydrogens is 336 g/mol. The van der Waals surface area contributed by atoms with Crippen molar-refractivity contribution in [3.8, 4) is 5.75 Å². The van der Waals surface area contributed by atoms with Crippen LogP contribution in [0.1, 0.15) is 33.1 Å². The van der Waals surface area contributed by atoms with Crippen molar-refractivity contribution < 1.29 is 23.9 Å². The van der Waals surface area contributed by atoms with Gasteiger partial charge in [0.2, 0.25) is 5.91 Å². The fourth-order valence-electron chi connectivity index (χ4n) is 2.86. The molecule has 7 nitrogen and oxygen atoms in total. The van der Waals surface area contributed by atoms with Gasteiger partial charge in [-0.25, -0.2) is 0 Å². The van der Waals surface area contributed by atoms with E-state index in [4.69, 9.17) is 9.47 Å². The Morgan fingerprint density at radius 1 is 1.19 bits per heavy atom. The van der Waals surface area contributed by atoms with E-state index in [0.717, 1.165) is 6.42 Å². The maximum atomic E-state index is 12.6. The largest absolute Gasteiger partial charge is 0.482 e. The number of fused-ring (bicyclic) bond motifs is 1. The second-order valence-corrected chi connectivity index (χ2v) is 5.99. The van der Waals surface area contributed by atoms with Crippen molar-refractivity contribution in [3.05, 3.63) is 24.3 Å². The van der Waals surface area contributed by atoms with E-state index in [1.54, 1.807) is 28.9 Å². The van der Waals surface area contributed by atoms with Crippen molar-refractivity contribution in [1.29, 1.82) is 0 Å². The number of benzene rings is 1. The molecule has 1 aromatic carbocycles. The maximum Gasteiger partial charge on any atom is 0.307 e. The molecule has 2 amide bonds. The van der Waals surface area contributed by atoms with Gasteiger partial charge in [-0.05, 0) is 25.5 Å².